The molecule has 2 rings (SSSR count). The maximum atomic E-state index is 11.9. The molecule has 0 aromatic heterocycles. The monoisotopic (exact) mass is 580 g/mol. The van der Waals surface area contributed by atoms with Crippen LogP contribution in [0.2, 0.25) is 5.02 Å². The van der Waals surface area contributed by atoms with Crippen LogP contribution in [0, 0.1) is 11.8 Å². The number of nitrogens with two attached hydrogens (primary N) is 3. The van der Waals surface area contributed by atoms with Crippen molar-refractivity contribution in [2.45, 2.75) is 69.3 Å². The van der Waals surface area contributed by atoms with Crippen molar-refractivity contribution in [3.05, 3.63) is 53.6 Å². The standard InChI is InChI=1S/C28H41ClN4O7/c29-18-7-5-8-20(15-18)39-17-19(34)12-13-22-21(24(35)16-25(22)36)9-3-1-2-4-11-26(37)40-27(38)23(30)10-6-14-33-28(31)32/h1,3,5,7-8,12-13,15,19,21-25,34-36H,2,4,6,9-11,14,16-17,30H2,(H4,31,32,33)/b3-1-,13-12+/t19-,21-,22-,23+,24+,25-/m1/s1. The lowest BCUT2D eigenvalue weighted by Gasteiger charge is -2.19. The van der Waals surface area contributed by atoms with E-state index in [2.05, 4.69) is 4.99 Å². The van der Waals surface area contributed by atoms with Crippen molar-refractivity contribution < 1.29 is 34.4 Å². The average Bonchev–Trinajstić information content (AvgIpc) is 3.17. The summed E-state index contributed by atoms with van der Waals surface area (Å²) in [6.45, 7) is 0.353. The molecule has 1 aliphatic rings. The van der Waals surface area contributed by atoms with Gasteiger partial charge in [-0.05, 0) is 56.2 Å². The first kappa shape index (κ1) is 33.2. The average molecular weight is 581 g/mol. The fraction of sp³-hybridized carbons (Fsp3) is 0.536. The first-order valence-electron chi connectivity index (χ1n) is 13.4. The largest absolute Gasteiger partial charge is 0.491 e. The van der Waals surface area contributed by atoms with Gasteiger partial charge < -0.3 is 42.0 Å². The highest BCUT2D eigenvalue weighted by Crippen LogP contribution is 2.36. The van der Waals surface area contributed by atoms with Crippen molar-refractivity contribution in [2.75, 3.05) is 13.2 Å². The molecule has 1 fully saturated rings. The fourth-order valence-corrected chi connectivity index (χ4v) is 4.55. The van der Waals surface area contributed by atoms with Crippen molar-refractivity contribution in [2.24, 2.45) is 34.0 Å². The number of nitrogens with zero attached hydrogens (tertiary/aromatic N) is 1. The Morgan fingerprint density at radius 2 is 1.95 bits per heavy atom. The number of carbonyl (C=O) groups excluding carboxylic acids is 2. The number of esters is 2. The van der Waals surface area contributed by atoms with Gasteiger partial charge in [0.05, 0.1) is 12.2 Å². The Hall–Kier alpha value is -2.96. The number of guanidine groups is 1. The predicted octanol–water partition coefficient (Wildman–Crippen LogP) is 1.56. The number of carbonyl (C=O) groups is 2. The third kappa shape index (κ3) is 12.5. The van der Waals surface area contributed by atoms with Crippen LogP contribution in [0.4, 0.5) is 0 Å². The van der Waals surface area contributed by atoms with Crippen molar-refractivity contribution in [1.29, 1.82) is 0 Å². The van der Waals surface area contributed by atoms with E-state index in [9.17, 15) is 24.9 Å². The molecule has 12 heteroatoms. The van der Waals surface area contributed by atoms with Crippen molar-refractivity contribution in [3.8, 4) is 5.75 Å². The number of aliphatic hydroxyl groups excluding tert-OH is 3. The van der Waals surface area contributed by atoms with E-state index >= 15 is 0 Å². The van der Waals surface area contributed by atoms with Gasteiger partial charge in [0.1, 0.15) is 24.5 Å². The summed E-state index contributed by atoms with van der Waals surface area (Å²) in [5, 5.41) is 31.6. The van der Waals surface area contributed by atoms with Crippen LogP contribution in [0.25, 0.3) is 0 Å². The van der Waals surface area contributed by atoms with Crippen molar-refractivity contribution in [3.63, 3.8) is 0 Å². The molecule has 0 radical (unpaired) electrons. The van der Waals surface area contributed by atoms with Crippen LogP contribution in [0.15, 0.2) is 53.6 Å². The van der Waals surface area contributed by atoms with Gasteiger partial charge in [0.2, 0.25) is 0 Å². The van der Waals surface area contributed by atoms with Crippen LogP contribution in [0.1, 0.15) is 44.9 Å². The quantitative estimate of drug-likeness (QED) is 0.0415. The molecule has 222 valence electrons. The molecule has 40 heavy (non-hydrogen) atoms. The maximum absolute atomic E-state index is 11.9. The molecule has 9 N–H and O–H groups in total. The van der Waals surface area contributed by atoms with Gasteiger partial charge in [-0.3, -0.25) is 9.79 Å². The fourth-order valence-electron chi connectivity index (χ4n) is 4.37. The Labute approximate surface area is 239 Å². The summed E-state index contributed by atoms with van der Waals surface area (Å²) in [5.41, 5.74) is 16.2. The van der Waals surface area contributed by atoms with Crippen molar-refractivity contribution >= 4 is 29.5 Å². The zero-order valence-corrected chi connectivity index (χ0v) is 23.2. The number of hydrogen-bond acceptors (Lipinski definition) is 9. The SMILES string of the molecule is NC(N)=NCCC[C@H](N)C(=O)OC(=O)CCC/C=C\C[C@@H]1[C@@H](/C=C/[C@@H](O)COc2cccc(Cl)c2)[C@H](O)C[C@@H]1O. The van der Waals surface area contributed by atoms with Gasteiger partial charge in [0, 0.05) is 30.3 Å². The second-order valence-corrected chi connectivity index (χ2v) is 10.2. The van der Waals surface area contributed by atoms with Crippen LogP contribution in [-0.2, 0) is 14.3 Å². The molecular weight excluding hydrogens is 540 g/mol. The van der Waals surface area contributed by atoms with Crippen LogP contribution < -0.4 is 21.9 Å². The Morgan fingerprint density at radius 1 is 1.18 bits per heavy atom. The first-order valence-corrected chi connectivity index (χ1v) is 13.8. The van der Waals surface area contributed by atoms with Crippen LogP contribution in [-0.4, -0.2) is 70.7 Å². The molecular formula is C28H41ClN4O7. The Kier molecular flexibility index (Phi) is 14.7. The molecule has 0 spiro atoms. The van der Waals surface area contributed by atoms with E-state index in [4.69, 9.17) is 38.3 Å². The molecule has 0 unspecified atom stereocenters. The molecule has 6 atom stereocenters. The normalized spacial score (nSPS) is 22.3. The van der Waals surface area contributed by atoms with Crippen LogP contribution in [0.5, 0.6) is 5.75 Å². The lowest BCUT2D eigenvalue weighted by Crippen LogP contribution is -2.34. The zero-order valence-electron chi connectivity index (χ0n) is 22.5. The summed E-state index contributed by atoms with van der Waals surface area (Å²) in [6.07, 6.45) is 7.40. The summed E-state index contributed by atoms with van der Waals surface area (Å²) < 4.78 is 10.3. The number of halogens is 1. The number of allylic oxidation sites excluding steroid dienone is 2. The summed E-state index contributed by atoms with van der Waals surface area (Å²) in [6, 6.07) is 5.93. The van der Waals surface area contributed by atoms with E-state index in [1.807, 2.05) is 12.2 Å². The van der Waals surface area contributed by atoms with Crippen LogP contribution >= 0.6 is 11.6 Å². The third-order valence-electron chi connectivity index (χ3n) is 6.50. The molecule has 1 aromatic rings. The van der Waals surface area contributed by atoms with Gasteiger partial charge in [-0.15, -0.1) is 0 Å². The smallest absolute Gasteiger partial charge is 0.330 e. The number of aliphatic imine (C=N–C) groups is 1. The minimum Gasteiger partial charge on any atom is -0.491 e. The van der Waals surface area contributed by atoms with E-state index in [0.717, 1.165) is 0 Å². The molecule has 1 saturated carbocycles. The number of unbranched alkanes of at least 4 members (excludes halogenated alkanes) is 1. The van der Waals surface area contributed by atoms with Gasteiger partial charge in [-0.25, -0.2) is 4.79 Å². The van der Waals surface area contributed by atoms with E-state index in [1.54, 1.807) is 36.4 Å². The summed E-state index contributed by atoms with van der Waals surface area (Å²) >= 11 is 5.93. The van der Waals surface area contributed by atoms with Gasteiger partial charge in [0.15, 0.2) is 5.96 Å². The molecule has 11 nitrogen and oxygen atoms in total. The van der Waals surface area contributed by atoms with Gasteiger partial charge in [-0.1, -0.05) is 42.0 Å². The Balaban J connectivity index is 1.70. The van der Waals surface area contributed by atoms with Gasteiger partial charge >= 0.3 is 11.9 Å². The number of aliphatic hydroxyl groups is 3. The second kappa shape index (κ2) is 17.7. The minimum atomic E-state index is -0.926. The lowest BCUT2D eigenvalue weighted by molar-refractivity contribution is -0.160. The first-order chi connectivity index (χ1) is 19.1. The third-order valence-corrected chi connectivity index (χ3v) is 6.73. The predicted molar refractivity (Wildman–Crippen MR) is 152 cm³/mol. The number of rotatable bonds is 16. The molecule has 1 aromatic carbocycles. The molecule has 0 saturated heterocycles. The van der Waals surface area contributed by atoms with Crippen molar-refractivity contribution in [1.82, 2.24) is 0 Å². The van der Waals surface area contributed by atoms with E-state index in [1.165, 1.54) is 0 Å². The Bertz CT molecular complexity index is 1030. The second-order valence-electron chi connectivity index (χ2n) is 9.78. The topological polar surface area (TPSA) is 204 Å². The molecule has 0 heterocycles. The van der Waals surface area contributed by atoms with E-state index < -0.39 is 36.3 Å². The summed E-state index contributed by atoms with van der Waals surface area (Å²) in [5.74, 6) is -1.47. The summed E-state index contributed by atoms with van der Waals surface area (Å²) in [7, 11) is 0. The lowest BCUT2D eigenvalue weighted by atomic mass is 9.89. The number of ether oxygens (including phenoxy) is 2. The molecule has 0 aliphatic heterocycles. The highest BCUT2D eigenvalue weighted by Gasteiger charge is 2.39. The Morgan fingerprint density at radius 3 is 2.67 bits per heavy atom. The van der Waals surface area contributed by atoms with E-state index in [0.29, 0.717) is 49.4 Å². The highest BCUT2D eigenvalue weighted by molar-refractivity contribution is 6.30. The molecule has 0 amide bonds. The number of hydrogen-bond donors (Lipinski definition) is 6. The van der Waals surface area contributed by atoms with Crippen LogP contribution in [0.3, 0.4) is 0 Å². The molecule has 1 aliphatic carbocycles. The molecule has 0 bridgehead atoms. The summed E-state index contributed by atoms with van der Waals surface area (Å²) in [4.78, 5) is 27.6. The number of benzene rings is 1. The minimum absolute atomic E-state index is 0.0200. The maximum Gasteiger partial charge on any atom is 0.330 e. The zero-order chi connectivity index (χ0) is 29.5. The van der Waals surface area contributed by atoms with Gasteiger partial charge in [-0.2, -0.15) is 0 Å². The van der Waals surface area contributed by atoms with Gasteiger partial charge in [0.25, 0.3) is 0 Å². The van der Waals surface area contributed by atoms with E-state index in [-0.39, 0.29) is 37.2 Å². The highest BCUT2D eigenvalue weighted by atomic mass is 35.5.